The molecule has 0 aliphatic carbocycles. The lowest BCUT2D eigenvalue weighted by molar-refractivity contribution is 0.0596. The molecule has 0 heterocycles. The van der Waals surface area contributed by atoms with Crippen molar-refractivity contribution in [2.45, 2.75) is 4.90 Å². The van der Waals surface area contributed by atoms with Gasteiger partial charge in [0.25, 0.3) is 0 Å². The van der Waals surface area contributed by atoms with Crippen molar-refractivity contribution in [1.82, 2.24) is 4.72 Å². The van der Waals surface area contributed by atoms with Crippen molar-refractivity contribution < 1.29 is 22.2 Å². The molecule has 0 aliphatic rings. The maximum atomic E-state index is 12.1. The van der Waals surface area contributed by atoms with Crippen LogP contribution in [0.3, 0.4) is 0 Å². The minimum absolute atomic E-state index is 0.0104. The fourth-order valence-corrected chi connectivity index (χ4v) is 3.17. The minimum Gasteiger partial charge on any atom is -0.465 e. The van der Waals surface area contributed by atoms with Crippen molar-refractivity contribution in [2.75, 3.05) is 31.4 Å². The molecule has 112 valence electrons. The van der Waals surface area contributed by atoms with Gasteiger partial charge >= 0.3 is 5.97 Å². The fourth-order valence-electron chi connectivity index (χ4n) is 1.45. The number of hydrogen-bond donors (Lipinski definition) is 2. The number of hydrogen-bond acceptors (Lipinski definition) is 6. The van der Waals surface area contributed by atoms with Gasteiger partial charge in [0.15, 0.2) is 0 Å². The summed E-state index contributed by atoms with van der Waals surface area (Å²) in [4.78, 5) is 11.4. The normalized spacial score (nSPS) is 12.9. The topological polar surface area (TPSA) is 116 Å². The minimum atomic E-state index is -3.90. The Morgan fingerprint density at radius 3 is 2.65 bits per heavy atom. The van der Waals surface area contributed by atoms with Crippen molar-refractivity contribution in [2.24, 2.45) is 0 Å². The van der Waals surface area contributed by atoms with Crippen LogP contribution in [0.5, 0.6) is 0 Å². The molecule has 0 fully saturated rings. The predicted molar refractivity (Wildman–Crippen MR) is 76.3 cm³/mol. The molecule has 9 heteroatoms. The van der Waals surface area contributed by atoms with Gasteiger partial charge in [0.05, 0.1) is 17.6 Å². The van der Waals surface area contributed by atoms with Crippen LogP contribution in [0.1, 0.15) is 10.4 Å². The largest absolute Gasteiger partial charge is 0.465 e. The van der Waals surface area contributed by atoms with E-state index in [0.717, 1.165) is 7.11 Å². The first-order valence-corrected chi connectivity index (χ1v) is 8.76. The number of benzene rings is 1. The maximum absolute atomic E-state index is 12.1. The van der Waals surface area contributed by atoms with Crippen molar-refractivity contribution in [1.29, 1.82) is 0 Å². The number of anilines is 1. The second kappa shape index (κ2) is 6.82. The number of rotatable bonds is 6. The van der Waals surface area contributed by atoms with E-state index in [1.807, 2.05) is 0 Å². The molecule has 1 atom stereocenters. The SMILES string of the molecule is COC(=O)c1cc(N)ccc1S(=O)(=O)NCCS(C)=O. The van der Waals surface area contributed by atoms with Crippen LogP contribution < -0.4 is 10.5 Å². The second-order valence-corrected chi connectivity index (χ2v) is 7.21. The molecular weight excluding hydrogens is 304 g/mol. The van der Waals surface area contributed by atoms with Gasteiger partial charge in [0.1, 0.15) is 0 Å². The predicted octanol–water partition coefficient (Wildman–Crippen LogP) is -0.288. The number of ether oxygens (including phenoxy) is 1. The Balaban J connectivity index is 3.11. The van der Waals surface area contributed by atoms with E-state index >= 15 is 0 Å². The fraction of sp³-hybridized carbons (Fsp3) is 0.364. The molecule has 1 aromatic rings. The van der Waals surface area contributed by atoms with Gasteiger partial charge in [-0.1, -0.05) is 0 Å². The summed E-state index contributed by atoms with van der Waals surface area (Å²) in [5, 5.41) is 0. The van der Waals surface area contributed by atoms with Crippen molar-refractivity contribution in [3.63, 3.8) is 0 Å². The highest BCUT2D eigenvalue weighted by Crippen LogP contribution is 2.19. The highest BCUT2D eigenvalue weighted by molar-refractivity contribution is 7.89. The van der Waals surface area contributed by atoms with Gasteiger partial charge in [-0.3, -0.25) is 4.21 Å². The highest BCUT2D eigenvalue weighted by Gasteiger charge is 2.23. The smallest absolute Gasteiger partial charge is 0.339 e. The highest BCUT2D eigenvalue weighted by atomic mass is 32.2. The van der Waals surface area contributed by atoms with Crippen LogP contribution in [0.4, 0.5) is 5.69 Å². The van der Waals surface area contributed by atoms with E-state index in [1.54, 1.807) is 0 Å². The molecule has 0 bridgehead atoms. The number of nitrogens with two attached hydrogens (primary N) is 1. The van der Waals surface area contributed by atoms with E-state index in [9.17, 15) is 17.4 Å². The van der Waals surface area contributed by atoms with Gasteiger partial charge in [0.2, 0.25) is 10.0 Å². The Morgan fingerprint density at radius 1 is 1.45 bits per heavy atom. The Kier molecular flexibility index (Phi) is 5.66. The third kappa shape index (κ3) is 4.29. The van der Waals surface area contributed by atoms with E-state index in [2.05, 4.69) is 9.46 Å². The molecule has 0 radical (unpaired) electrons. The third-order valence-electron chi connectivity index (χ3n) is 2.38. The van der Waals surface area contributed by atoms with E-state index in [0.29, 0.717) is 0 Å². The molecule has 0 amide bonds. The molecule has 7 nitrogen and oxygen atoms in total. The number of nitrogens with one attached hydrogen (secondary N) is 1. The van der Waals surface area contributed by atoms with Crippen molar-refractivity contribution >= 4 is 32.5 Å². The molecule has 1 unspecified atom stereocenters. The lowest BCUT2D eigenvalue weighted by Crippen LogP contribution is -2.29. The number of carbonyl (C=O) groups is 1. The second-order valence-electron chi connectivity index (χ2n) is 3.92. The zero-order valence-electron chi connectivity index (χ0n) is 11.1. The van der Waals surface area contributed by atoms with Gasteiger partial charge in [-0.05, 0) is 18.2 Å². The molecular formula is C11H16N2O5S2. The summed E-state index contributed by atoms with van der Waals surface area (Å²) in [6, 6.07) is 3.84. The number of sulfonamides is 1. The van der Waals surface area contributed by atoms with Gasteiger partial charge in [0, 0.05) is 35.0 Å². The van der Waals surface area contributed by atoms with Crippen LogP contribution in [0.25, 0.3) is 0 Å². The number of methoxy groups -OCH3 is 1. The van der Waals surface area contributed by atoms with Crippen LogP contribution in [0.2, 0.25) is 0 Å². The van der Waals surface area contributed by atoms with Crippen LogP contribution >= 0.6 is 0 Å². The van der Waals surface area contributed by atoms with E-state index < -0.39 is 26.8 Å². The van der Waals surface area contributed by atoms with E-state index in [4.69, 9.17) is 5.73 Å². The summed E-state index contributed by atoms with van der Waals surface area (Å²) in [6.45, 7) is 0.0104. The van der Waals surface area contributed by atoms with Gasteiger partial charge in [-0.25, -0.2) is 17.9 Å². The molecule has 0 saturated heterocycles. The summed E-state index contributed by atoms with van der Waals surface area (Å²) >= 11 is 0. The van der Waals surface area contributed by atoms with Crippen molar-refractivity contribution in [3.8, 4) is 0 Å². The summed E-state index contributed by atoms with van der Waals surface area (Å²) in [7, 11) is -3.87. The molecule has 0 aliphatic heterocycles. The maximum Gasteiger partial charge on any atom is 0.339 e. The first-order valence-electron chi connectivity index (χ1n) is 5.55. The molecule has 1 aromatic carbocycles. The van der Waals surface area contributed by atoms with Crippen LogP contribution in [-0.4, -0.2) is 44.3 Å². The summed E-state index contributed by atoms with van der Waals surface area (Å²) in [6.07, 6.45) is 1.47. The molecule has 0 aromatic heterocycles. The molecule has 20 heavy (non-hydrogen) atoms. The van der Waals surface area contributed by atoms with Gasteiger partial charge < -0.3 is 10.5 Å². The average molecular weight is 320 g/mol. The molecule has 0 saturated carbocycles. The lowest BCUT2D eigenvalue weighted by Gasteiger charge is -2.10. The summed E-state index contributed by atoms with van der Waals surface area (Å²) in [5.74, 6) is -0.612. The van der Waals surface area contributed by atoms with Gasteiger partial charge in [-0.2, -0.15) is 0 Å². The summed E-state index contributed by atoms with van der Waals surface area (Å²) < 4.78 is 41.9. The molecule has 3 N–H and O–H groups in total. The number of esters is 1. The molecule has 0 spiro atoms. The Bertz CT molecular complexity index is 628. The lowest BCUT2D eigenvalue weighted by atomic mass is 10.2. The Labute approximate surface area is 120 Å². The van der Waals surface area contributed by atoms with Crippen molar-refractivity contribution in [3.05, 3.63) is 23.8 Å². The zero-order valence-corrected chi connectivity index (χ0v) is 12.7. The monoisotopic (exact) mass is 320 g/mol. The Hall–Kier alpha value is -1.45. The van der Waals surface area contributed by atoms with Crippen LogP contribution in [0, 0.1) is 0 Å². The Morgan fingerprint density at radius 2 is 2.10 bits per heavy atom. The van der Waals surface area contributed by atoms with E-state index in [1.165, 1.54) is 24.5 Å². The van der Waals surface area contributed by atoms with Crippen LogP contribution in [-0.2, 0) is 25.6 Å². The zero-order chi connectivity index (χ0) is 15.3. The standard InChI is InChI=1S/C11H16N2O5S2/c1-18-11(14)9-7-8(12)3-4-10(9)20(16,17)13-5-6-19(2)15/h3-4,7,13H,5-6,12H2,1-2H3. The first kappa shape index (κ1) is 16.6. The van der Waals surface area contributed by atoms with Gasteiger partial charge in [-0.15, -0.1) is 0 Å². The van der Waals surface area contributed by atoms with E-state index in [-0.39, 0.29) is 28.4 Å². The van der Waals surface area contributed by atoms with Crippen LogP contribution in [0.15, 0.2) is 23.1 Å². The quantitative estimate of drug-likeness (QED) is 0.550. The summed E-state index contributed by atoms with van der Waals surface area (Å²) in [5.41, 5.74) is 5.65. The average Bonchev–Trinajstić information content (AvgIpc) is 2.36. The molecule has 1 rings (SSSR count). The first-order chi connectivity index (χ1) is 9.27. The number of nitrogen functional groups attached to an aromatic ring is 1. The number of carbonyl (C=O) groups excluding carboxylic acids is 1. The third-order valence-corrected chi connectivity index (χ3v) is 4.68.